The number of hydrogen-bond donors (Lipinski definition) is 0. The number of rotatable bonds is 2. The summed E-state index contributed by atoms with van der Waals surface area (Å²) in [7, 11) is 1.85. The van der Waals surface area contributed by atoms with E-state index in [9.17, 15) is 0 Å². The number of nitrogens with zero attached hydrogens (tertiary/aromatic N) is 5. The predicted molar refractivity (Wildman–Crippen MR) is 68.6 cm³/mol. The van der Waals surface area contributed by atoms with Crippen LogP contribution >= 0.6 is 0 Å². The van der Waals surface area contributed by atoms with Gasteiger partial charge >= 0.3 is 0 Å². The first kappa shape index (κ1) is 11.3. The molecule has 0 aliphatic rings. The average molecular weight is 253 g/mol. The Balaban J connectivity index is 1.64. The van der Waals surface area contributed by atoms with Crippen LogP contribution in [0.25, 0.3) is 5.65 Å². The molecular weight excluding hydrogens is 242 g/mol. The minimum atomic E-state index is 0.272. The predicted octanol–water partition coefficient (Wildman–Crippen LogP) is 0.893. The summed E-state index contributed by atoms with van der Waals surface area (Å²) < 4.78 is 8.83. The lowest BCUT2D eigenvalue weighted by atomic mass is 10.4. The summed E-state index contributed by atoms with van der Waals surface area (Å²) in [6, 6.07) is 5.42. The minimum Gasteiger partial charge on any atom is -0.464 e. The van der Waals surface area contributed by atoms with Gasteiger partial charge in [-0.3, -0.25) is 4.68 Å². The molecule has 3 aromatic rings. The van der Waals surface area contributed by atoms with Gasteiger partial charge in [0.15, 0.2) is 12.3 Å². The first-order valence-corrected chi connectivity index (χ1v) is 5.73. The van der Waals surface area contributed by atoms with Crippen LogP contribution < -0.4 is 4.74 Å². The van der Waals surface area contributed by atoms with Crippen LogP contribution in [0.3, 0.4) is 0 Å². The fourth-order valence-corrected chi connectivity index (χ4v) is 1.59. The van der Waals surface area contributed by atoms with Gasteiger partial charge in [0.25, 0.3) is 0 Å². The highest BCUT2D eigenvalue weighted by molar-refractivity contribution is 5.37. The van der Waals surface area contributed by atoms with E-state index in [1.54, 1.807) is 27.7 Å². The van der Waals surface area contributed by atoms with Gasteiger partial charge in [0.1, 0.15) is 5.69 Å². The minimum absolute atomic E-state index is 0.272. The maximum absolute atomic E-state index is 5.45. The molecule has 0 fully saturated rings. The third-order valence-electron chi connectivity index (χ3n) is 2.45. The molecule has 0 saturated heterocycles. The lowest BCUT2D eigenvalue weighted by Crippen LogP contribution is -1.98. The van der Waals surface area contributed by atoms with E-state index in [0.717, 1.165) is 11.3 Å². The van der Waals surface area contributed by atoms with E-state index in [-0.39, 0.29) is 6.61 Å². The molecule has 3 heterocycles. The van der Waals surface area contributed by atoms with Crippen molar-refractivity contribution in [3.63, 3.8) is 0 Å². The molecule has 6 nitrogen and oxygen atoms in total. The van der Waals surface area contributed by atoms with Crippen molar-refractivity contribution in [2.45, 2.75) is 0 Å². The van der Waals surface area contributed by atoms with Crippen LogP contribution in [0.4, 0.5) is 0 Å². The molecule has 0 saturated carbocycles. The summed E-state index contributed by atoms with van der Waals surface area (Å²) in [5.74, 6) is 6.34. The summed E-state index contributed by atoms with van der Waals surface area (Å²) in [5, 5.41) is 8.21. The van der Waals surface area contributed by atoms with Gasteiger partial charge in [0, 0.05) is 31.6 Å². The molecule has 0 unspecified atom stereocenters. The van der Waals surface area contributed by atoms with Crippen LogP contribution in [0.15, 0.2) is 36.8 Å². The Labute approximate surface area is 109 Å². The zero-order valence-electron chi connectivity index (χ0n) is 10.3. The largest absolute Gasteiger partial charge is 0.464 e. The third-order valence-corrected chi connectivity index (χ3v) is 2.45. The Bertz CT molecular complexity index is 762. The molecule has 0 amide bonds. The Morgan fingerprint density at radius 2 is 2.21 bits per heavy atom. The molecule has 0 spiro atoms. The van der Waals surface area contributed by atoms with Crippen molar-refractivity contribution >= 4 is 5.65 Å². The van der Waals surface area contributed by atoms with Crippen molar-refractivity contribution in [1.29, 1.82) is 0 Å². The summed E-state index contributed by atoms with van der Waals surface area (Å²) in [5.41, 5.74) is 1.47. The van der Waals surface area contributed by atoms with Crippen molar-refractivity contribution in [3.05, 3.63) is 42.5 Å². The molecule has 6 heteroatoms. The monoisotopic (exact) mass is 253 g/mol. The molecule has 3 aromatic heterocycles. The summed E-state index contributed by atoms with van der Waals surface area (Å²) >= 11 is 0. The van der Waals surface area contributed by atoms with Crippen LogP contribution in [0.5, 0.6) is 5.88 Å². The maximum Gasteiger partial charge on any atom is 0.217 e. The van der Waals surface area contributed by atoms with E-state index in [2.05, 4.69) is 27.0 Å². The van der Waals surface area contributed by atoms with E-state index < -0.39 is 0 Å². The second kappa shape index (κ2) is 4.82. The van der Waals surface area contributed by atoms with Gasteiger partial charge in [0.05, 0.1) is 6.20 Å². The topological polar surface area (TPSA) is 57.2 Å². The van der Waals surface area contributed by atoms with Crippen LogP contribution in [0.1, 0.15) is 5.69 Å². The number of fused-ring (bicyclic) bond motifs is 1. The standard InChI is InChI=1S/C13H11N5O/c1-17-8-5-11(16-17)3-2-10-19-13-6-9-18-12(15-13)4-7-14-18/h4-9H,10H2,1H3. The fraction of sp³-hybridized carbons (Fsp3) is 0.154. The van der Waals surface area contributed by atoms with Gasteiger partial charge in [-0.1, -0.05) is 5.92 Å². The van der Waals surface area contributed by atoms with E-state index in [1.165, 1.54) is 0 Å². The number of aromatic nitrogens is 5. The molecular formula is C13H11N5O. The molecule has 0 atom stereocenters. The van der Waals surface area contributed by atoms with Crippen molar-refractivity contribution in [3.8, 4) is 17.7 Å². The summed E-state index contributed by atoms with van der Waals surface area (Å²) in [4.78, 5) is 4.27. The van der Waals surface area contributed by atoms with Gasteiger partial charge < -0.3 is 4.74 Å². The third kappa shape index (κ3) is 2.55. The van der Waals surface area contributed by atoms with Gasteiger partial charge in [0.2, 0.25) is 5.88 Å². The van der Waals surface area contributed by atoms with Crippen molar-refractivity contribution < 1.29 is 4.74 Å². The van der Waals surface area contributed by atoms with E-state index in [4.69, 9.17) is 4.74 Å². The first-order chi connectivity index (χ1) is 9.31. The molecule has 3 rings (SSSR count). The van der Waals surface area contributed by atoms with Crippen molar-refractivity contribution in [2.24, 2.45) is 7.05 Å². The highest BCUT2D eigenvalue weighted by Gasteiger charge is 1.98. The second-order valence-corrected chi connectivity index (χ2v) is 3.86. The van der Waals surface area contributed by atoms with Crippen LogP contribution in [-0.2, 0) is 7.05 Å². The van der Waals surface area contributed by atoms with E-state index in [1.807, 2.05) is 25.4 Å². The van der Waals surface area contributed by atoms with Crippen molar-refractivity contribution in [1.82, 2.24) is 24.4 Å². The highest BCUT2D eigenvalue weighted by Crippen LogP contribution is 2.07. The normalized spacial score (nSPS) is 10.2. The SMILES string of the molecule is Cn1ccc(C#CCOc2ccn3nccc3n2)n1. The van der Waals surface area contributed by atoms with E-state index >= 15 is 0 Å². The lowest BCUT2D eigenvalue weighted by molar-refractivity contribution is 0.355. The van der Waals surface area contributed by atoms with Gasteiger partial charge in [-0.2, -0.15) is 15.2 Å². The van der Waals surface area contributed by atoms with Crippen LogP contribution in [0, 0.1) is 11.8 Å². The number of aryl methyl sites for hydroxylation is 1. The molecule has 0 aliphatic carbocycles. The highest BCUT2D eigenvalue weighted by atomic mass is 16.5. The summed E-state index contributed by atoms with van der Waals surface area (Å²) in [6.45, 7) is 0.272. The van der Waals surface area contributed by atoms with Crippen molar-refractivity contribution in [2.75, 3.05) is 6.61 Å². The van der Waals surface area contributed by atoms with Crippen LogP contribution in [-0.4, -0.2) is 31.0 Å². The molecule has 0 N–H and O–H groups in total. The molecule has 19 heavy (non-hydrogen) atoms. The van der Waals surface area contributed by atoms with Crippen LogP contribution in [0.2, 0.25) is 0 Å². The Morgan fingerprint density at radius 3 is 3.05 bits per heavy atom. The number of hydrogen-bond acceptors (Lipinski definition) is 4. The van der Waals surface area contributed by atoms with E-state index in [0.29, 0.717) is 5.88 Å². The smallest absolute Gasteiger partial charge is 0.217 e. The van der Waals surface area contributed by atoms with Gasteiger partial charge in [-0.25, -0.2) is 4.52 Å². The Morgan fingerprint density at radius 1 is 1.26 bits per heavy atom. The lowest BCUT2D eigenvalue weighted by Gasteiger charge is -2.00. The van der Waals surface area contributed by atoms with Gasteiger partial charge in [-0.05, 0) is 12.0 Å². The molecule has 0 aliphatic heterocycles. The molecule has 0 radical (unpaired) electrons. The zero-order valence-corrected chi connectivity index (χ0v) is 10.3. The quantitative estimate of drug-likeness (QED) is 0.636. The number of ether oxygens (including phenoxy) is 1. The second-order valence-electron chi connectivity index (χ2n) is 3.86. The Hall–Kier alpha value is -2.81. The van der Waals surface area contributed by atoms with Gasteiger partial charge in [-0.15, -0.1) is 0 Å². The molecule has 0 bridgehead atoms. The average Bonchev–Trinajstić information content (AvgIpc) is 3.03. The summed E-state index contributed by atoms with van der Waals surface area (Å²) in [6.07, 6.45) is 5.33. The maximum atomic E-state index is 5.45. The fourth-order valence-electron chi connectivity index (χ4n) is 1.59. The Kier molecular flexibility index (Phi) is 2.86. The molecule has 0 aromatic carbocycles. The zero-order chi connectivity index (χ0) is 13.1. The molecule has 94 valence electrons. The first-order valence-electron chi connectivity index (χ1n) is 5.73.